The SMILES string of the molecule is CC(=O)N[C@@H]1CCCN(C2CC2)C1. The van der Waals surface area contributed by atoms with Crippen LogP contribution in [0.1, 0.15) is 32.6 Å². The van der Waals surface area contributed by atoms with E-state index in [1.807, 2.05) is 0 Å². The number of nitrogens with zero attached hydrogens (tertiary/aromatic N) is 1. The van der Waals surface area contributed by atoms with E-state index in [0.717, 1.165) is 19.0 Å². The molecule has 13 heavy (non-hydrogen) atoms. The van der Waals surface area contributed by atoms with Crippen LogP contribution in [0.25, 0.3) is 0 Å². The molecule has 3 heteroatoms. The Morgan fingerprint density at radius 2 is 2.15 bits per heavy atom. The first-order chi connectivity index (χ1) is 6.25. The molecule has 2 aliphatic rings. The Labute approximate surface area is 79.5 Å². The molecule has 0 aromatic carbocycles. The lowest BCUT2D eigenvalue weighted by atomic mass is 10.1. The van der Waals surface area contributed by atoms with Crippen molar-refractivity contribution in [2.45, 2.75) is 44.7 Å². The van der Waals surface area contributed by atoms with Crippen LogP contribution in [0.2, 0.25) is 0 Å². The molecule has 1 N–H and O–H groups in total. The van der Waals surface area contributed by atoms with E-state index in [1.54, 1.807) is 6.92 Å². The van der Waals surface area contributed by atoms with Gasteiger partial charge >= 0.3 is 0 Å². The van der Waals surface area contributed by atoms with Crippen molar-refractivity contribution >= 4 is 5.91 Å². The summed E-state index contributed by atoms with van der Waals surface area (Å²) in [6.07, 6.45) is 5.13. The summed E-state index contributed by atoms with van der Waals surface area (Å²) in [7, 11) is 0. The van der Waals surface area contributed by atoms with E-state index >= 15 is 0 Å². The molecular weight excluding hydrogens is 164 g/mol. The van der Waals surface area contributed by atoms with E-state index in [4.69, 9.17) is 0 Å². The van der Waals surface area contributed by atoms with E-state index < -0.39 is 0 Å². The van der Waals surface area contributed by atoms with Crippen molar-refractivity contribution in [2.75, 3.05) is 13.1 Å². The van der Waals surface area contributed by atoms with Gasteiger partial charge in [0.15, 0.2) is 0 Å². The van der Waals surface area contributed by atoms with Crippen LogP contribution in [0.4, 0.5) is 0 Å². The van der Waals surface area contributed by atoms with E-state index in [-0.39, 0.29) is 5.91 Å². The number of piperidine rings is 1. The predicted molar refractivity (Wildman–Crippen MR) is 51.4 cm³/mol. The van der Waals surface area contributed by atoms with Crippen LogP contribution in [-0.4, -0.2) is 36.0 Å². The molecule has 0 aromatic rings. The second-order valence-electron chi connectivity index (χ2n) is 4.27. The second-order valence-corrected chi connectivity index (χ2v) is 4.27. The Kier molecular flexibility index (Phi) is 2.54. The fourth-order valence-electron chi connectivity index (χ4n) is 2.18. The van der Waals surface area contributed by atoms with Crippen LogP contribution >= 0.6 is 0 Å². The molecule has 1 atom stereocenters. The molecule has 1 saturated carbocycles. The average Bonchev–Trinajstić information content (AvgIpc) is 2.85. The van der Waals surface area contributed by atoms with Crippen LogP contribution in [-0.2, 0) is 4.79 Å². The van der Waals surface area contributed by atoms with Gasteiger partial charge in [-0.15, -0.1) is 0 Å². The summed E-state index contributed by atoms with van der Waals surface area (Å²) in [4.78, 5) is 13.4. The number of amides is 1. The number of carbonyl (C=O) groups excluding carboxylic acids is 1. The number of rotatable bonds is 2. The standard InChI is InChI=1S/C10H18N2O/c1-8(13)11-9-3-2-6-12(7-9)10-4-5-10/h9-10H,2-7H2,1H3,(H,11,13)/t9-/m1/s1. The molecule has 1 amide bonds. The molecule has 0 bridgehead atoms. The van der Waals surface area contributed by atoms with Crippen LogP contribution in [0.5, 0.6) is 0 Å². The Morgan fingerprint density at radius 1 is 1.38 bits per heavy atom. The molecule has 1 aliphatic carbocycles. The smallest absolute Gasteiger partial charge is 0.217 e. The summed E-state index contributed by atoms with van der Waals surface area (Å²) in [5.41, 5.74) is 0. The fraction of sp³-hybridized carbons (Fsp3) is 0.900. The zero-order valence-corrected chi connectivity index (χ0v) is 8.25. The Balaban J connectivity index is 1.80. The Bertz CT molecular complexity index is 201. The quantitative estimate of drug-likeness (QED) is 0.683. The molecule has 1 saturated heterocycles. The average molecular weight is 182 g/mol. The molecule has 0 unspecified atom stereocenters. The lowest BCUT2D eigenvalue weighted by molar-refractivity contribution is -0.120. The molecule has 2 fully saturated rings. The molecule has 3 nitrogen and oxygen atoms in total. The first-order valence-corrected chi connectivity index (χ1v) is 5.27. The van der Waals surface area contributed by atoms with Crippen molar-refractivity contribution in [1.29, 1.82) is 0 Å². The lowest BCUT2D eigenvalue weighted by Gasteiger charge is -2.32. The summed E-state index contributed by atoms with van der Waals surface area (Å²) in [5, 5.41) is 3.01. The molecular formula is C10H18N2O. The van der Waals surface area contributed by atoms with Gasteiger partial charge in [-0.1, -0.05) is 0 Å². The van der Waals surface area contributed by atoms with Crippen molar-refractivity contribution in [3.05, 3.63) is 0 Å². The normalized spacial score (nSPS) is 30.1. The second kappa shape index (κ2) is 3.66. The van der Waals surface area contributed by atoms with Gasteiger partial charge in [-0.3, -0.25) is 9.69 Å². The fourth-order valence-corrected chi connectivity index (χ4v) is 2.18. The molecule has 0 spiro atoms. The zero-order chi connectivity index (χ0) is 9.26. The predicted octanol–water partition coefficient (Wildman–Crippen LogP) is 0.749. The number of likely N-dealkylation sites (tertiary alicyclic amines) is 1. The van der Waals surface area contributed by atoms with Crippen molar-refractivity contribution in [3.8, 4) is 0 Å². The topological polar surface area (TPSA) is 32.3 Å². The van der Waals surface area contributed by atoms with Crippen LogP contribution in [0, 0.1) is 0 Å². The minimum atomic E-state index is 0.114. The molecule has 74 valence electrons. The molecule has 0 aromatic heterocycles. The van der Waals surface area contributed by atoms with Crippen molar-refractivity contribution in [2.24, 2.45) is 0 Å². The largest absolute Gasteiger partial charge is 0.352 e. The van der Waals surface area contributed by atoms with Crippen molar-refractivity contribution in [1.82, 2.24) is 10.2 Å². The highest BCUT2D eigenvalue weighted by Crippen LogP contribution is 2.29. The Morgan fingerprint density at radius 3 is 2.77 bits per heavy atom. The first-order valence-electron chi connectivity index (χ1n) is 5.27. The van der Waals surface area contributed by atoms with E-state index in [9.17, 15) is 4.79 Å². The molecule has 1 heterocycles. The minimum absolute atomic E-state index is 0.114. The third-order valence-corrected chi connectivity index (χ3v) is 2.92. The highest BCUT2D eigenvalue weighted by molar-refractivity contribution is 5.73. The summed E-state index contributed by atoms with van der Waals surface area (Å²) < 4.78 is 0. The summed E-state index contributed by atoms with van der Waals surface area (Å²) in [6, 6.07) is 1.25. The highest BCUT2D eigenvalue weighted by atomic mass is 16.1. The molecule has 2 rings (SSSR count). The van der Waals surface area contributed by atoms with Crippen LogP contribution in [0.3, 0.4) is 0 Å². The minimum Gasteiger partial charge on any atom is -0.352 e. The third kappa shape index (κ3) is 2.44. The maximum Gasteiger partial charge on any atom is 0.217 e. The van der Waals surface area contributed by atoms with Gasteiger partial charge in [0.25, 0.3) is 0 Å². The number of nitrogens with one attached hydrogen (secondary N) is 1. The van der Waals surface area contributed by atoms with Gasteiger partial charge in [-0.25, -0.2) is 0 Å². The van der Waals surface area contributed by atoms with Gasteiger partial charge in [-0.2, -0.15) is 0 Å². The highest BCUT2D eigenvalue weighted by Gasteiger charge is 2.32. The monoisotopic (exact) mass is 182 g/mol. The summed E-state index contributed by atoms with van der Waals surface area (Å²) >= 11 is 0. The van der Waals surface area contributed by atoms with E-state index in [2.05, 4.69) is 10.2 Å². The van der Waals surface area contributed by atoms with Gasteiger partial charge in [0, 0.05) is 25.6 Å². The van der Waals surface area contributed by atoms with Gasteiger partial charge in [-0.05, 0) is 32.2 Å². The van der Waals surface area contributed by atoms with E-state index in [1.165, 1.54) is 25.8 Å². The number of hydrogen-bond donors (Lipinski definition) is 1. The third-order valence-electron chi connectivity index (χ3n) is 2.92. The molecule has 1 aliphatic heterocycles. The van der Waals surface area contributed by atoms with Crippen molar-refractivity contribution in [3.63, 3.8) is 0 Å². The number of carbonyl (C=O) groups is 1. The molecule has 0 radical (unpaired) electrons. The maximum atomic E-state index is 10.9. The van der Waals surface area contributed by atoms with Crippen LogP contribution < -0.4 is 5.32 Å². The van der Waals surface area contributed by atoms with Gasteiger partial charge in [0.1, 0.15) is 0 Å². The van der Waals surface area contributed by atoms with Gasteiger partial charge in [0.05, 0.1) is 0 Å². The maximum absolute atomic E-state index is 10.9. The van der Waals surface area contributed by atoms with Gasteiger partial charge < -0.3 is 5.32 Å². The summed E-state index contributed by atoms with van der Waals surface area (Å²) in [5.74, 6) is 0.114. The lowest BCUT2D eigenvalue weighted by Crippen LogP contribution is -2.47. The van der Waals surface area contributed by atoms with E-state index in [0.29, 0.717) is 6.04 Å². The zero-order valence-electron chi connectivity index (χ0n) is 8.25. The Hall–Kier alpha value is -0.570. The van der Waals surface area contributed by atoms with Crippen molar-refractivity contribution < 1.29 is 4.79 Å². The summed E-state index contributed by atoms with van der Waals surface area (Å²) in [6.45, 7) is 3.92. The first kappa shape index (κ1) is 9.00. The van der Waals surface area contributed by atoms with Gasteiger partial charge in [0.2, 0.25) is 5.91 Å². The number of hydrogen-bond acceptors (Lipinski definition) is 2. The van der Waals surface area contributed by atoms with Crippen LogP contribution in [0.15, 0.2) is 0 Å².